The van der Waals surface area contributed by atoms with Crippen molar-refractivity contribution < 1.29 is 23.8 Å². The molecule has 0 aliphatic carbocycles. The highest BCUT2D eigenvalue weighted by Crippen LogP contribution is 2.48. The zero-order valence-corrected chi connectivity index (χ0v) is 22.1. The standard InChI is InChI=1S/C29H30FN5O4/c1-28(2)17-34(16-19-5-4-18(14-31)12-24(19)39-3)11-9-29(28,38)22-6-7-23-21(26(22)30)13-20(15-32-23)35-10-8-25(36)33-27(35)37/h4-7,12-13,15,38H,8-11,16-17H2,1-3H3,(H,33,36,37)/t29-/m0/s1. The van der Waals surface area contributed by atoms with Crippen molar-refractivity contribution in [1.29, 1.82) is 5.26 Å². The number of carbonyl (C=O) groups is 2. The van der Waals surface area contributed by atoms with Crippen molar-refractivity contribution in [3.8, 4) is 11.8 Å². The second-order valence-corrected chi connectivity index (χ2v) is 10.8. The molecule has 0 saturated carbocycles. The lowest BCUT2D eigenvalue weighted by molar-refractivity contribution is -0.128. The number of amides is 3. The molecule has 202 valence electrons. The van der Waals surface area contributed by atoms with Gasteiger partial charge in [-0.2, -0.15) is 5.26 Å². The van der Waals surface area contributed by atoms with E-state index in [1.54, 1.807) is 37.4 Å². The first-order valence-electron chi connectivity index (χ1n) is 12.8. The third-order valence-electron chi connectivity index (χ3n) is 7.93. The number of benzene rings is 2. The quantitative estimate of drug-likeness (QED) is 0.514. The molecule has 2 saturated heterocycles. The summed E-state index contributed by atoms with van der Waals surface area (Å²) in [5, 5.41) is 23.6. The largest absolute Gasteiger partial charge is 0.496 e. The van der Waals surface area contributed by atoms with Crippen LogP contribution in [0, 0.1) is 22.6 Å². The zero-order valence-electron chi connectivity index (χ0n) is 22.1. The van der Waals surface area contributed by atoms with E-state index in [1.807, 2.05) is 19.9 Å². The van der Waals surface area contributed by atoms with E-state index in [0.717, 1.165) is 5.56 Å². The summed E-state index contributed by atoms with van der Waals surface area (Å²) in [7, 11) is 1.57. The van der Waals surface area contributed by atoms with Crippen LogP contribution in [0.2, 0.25) is 0 Å². The fourth-order valence-corrected chi connectivity index (χ4v) is 5.68. The summed E-state index contributed by atoms with van der Waals surface area (Å²) in [5.74, 6) is -0.302. The van der Waals surface area contributed by atoms with Crippen LogP contribution in [-0.4, -0.2) is 53.7 Å². The molecule has 3 aromatic rings. The van der Waals surface area contributed by atoms with Crippen LogP contribution in [0.15, 0.2) is 42.6 Å². The van der Waals surface area contributed by atoms with Crippen LogP contribution in [0.1, 0.15) is 43.4 Å². The molecule has 10 heteroatoms. The predicted octanol–water partition coefficient (Wildman–Crippen LogP) is 3.82. The molecule has 9 nitrogen and oxygen atoms in total. The molecule has 1 atom stereocenters. The average molecular weight is 532 g/mol. The molecular formula is C29H30FN5O4. The van der Waals surface area contributed by atoms with E-state index < -0.39 is 22.9 Å². The summed E-state index contributed by atoms with van der Waals surface area (Å²) in [5.41, 5.74) is 0.229. The first-order chi connectivity index (χ1) is 18.6. The number of nitrogens with one attached hydrogen (secondary N) is 1. The lowest BCUT2D eigenvalue weighted by atomic mass is 9.66. The summed E-state index contributed by atoms with van der Waals surface area (Å²) in [4.78, 5) is 31.7. The molecule has 1 aromatic heterocycles. The van der Waals surface area contributed by atoms with Crippen LogP contribution in [0.4, 0.5) is 14.9 Å². The number of aromatic nitrogens is 1. The first kappa shape index (κ1) is 26.5. The second kappa shape index (κ2) is 9.91. The molecule has 2 aliphatic rings. The van der Waals surface area contributed by atoms with Crippen molar-refractivity contribution in [1.82, 2.24) is 15.2 Å². The van der Waals surface area contributed by atoms with Crippen LogP contribution >= 0.6 is 0 Å². The summed E-state index contributed by atoms with van der Waals surface area (Å²) in [6.07, 6.45) is 1.92. The van der Waals surface area contributed by atoms with Gasteiger partial charge < -0.3 is 9.84 Å². The Kier molecular flexibility index (Phi) is 6.74. The molecule has 0 radical (unpaired) electrons. The monoisotopic (exact) mass is 531 g/mol. The number of anilines is 1. The number of fused-ring (bicyclic) bond motifs is 1. The Labute approximate surface area is 225 Å². The van der Waals surface area contributed by atoms with Crippen molar-refractivity contribution in [2.45, 2.75) is 38.8 Å². The highest BCUT2D eigenvalue weighted by molar-refractivity contribution is 6.06. The van der Waals surface area contributed by atoms with E-state index in [1.165, 1.54) is 11.1 Å². The van der Waals surface area contributed by atoms with E-state index in [9.17, 15) is 20.0 Å². The number of nitrogens with zero attached hydrogens (tertiary/aromatic N) is 4. The topological polar surface area (TPSA) is 119 Å². The number of urea groups is 1. The molecule has 0 unspecified atom stereocenters. The molecule has 2 aromatic carbocycles. The summed E-state index contributed by atoms with van der Waals surface area (Å²) >= 11 is 0. The average Bonchev–Trinajstić information content (AvgIpc) is 2.91. The molecule has 2 aliphatic heterocycles. The Balaban J connectivity index is 1.43. The van der Waals surface area contributed by atoms with Crippen molar-refractivity contribution in [2.75, 3.05) is 31.6 Å². The number of nitriles is 1. The van der Waals surface area contributed by atoms with Gasteiger partial charge in [0.15, 0.2) is 0 Å². The van der Waals surface area contributed by atoms with Crippen LogP contribution in [0.5, 0.6) is 5.75 Å². The van der Waals surface area contributed by atoms with Gasteiger partial charge in [-0.15, -0.1) is 0 Å². The first-order valence-corrected chi connectivity index (χ1v) is 12.8. The van der Waals surface area contributed by atoms with Crippen LogP contribution in [-0.2, 0) is 16.9 Å². The minimum Gasteiger partial charge on any atom is -0.496 e. The molecule has 3 amide bonds. The number of aliphatic hydroxyl groups is 1. The molecule has 2 N–H and O–H groups in total. The number of carbonyl (C=O) groups excluding carboxylic acids is 2. The van der Waals surface area contributed by atoms with E-state index in [4.69, 9.17) is 4.74 Å². The maximum Gasteiger partial charge on any atom is 0.328 e. The fraction of sp³-hybridized carbons (Fsp3) is 0.379. The number of piperidine rings is 1. The Bertz CT molecular complexity index is 1520. The Morgan fingerprint density at radius 2 is 2.00 bits per heavy atom. The smallest absolute Gasteiger partial charge is 0.328 e. The maximum atomic E-state index is 16.1. The second-order valence-electron chi connectivity index (χ2n) is 10.8. The number of methoxy groups -OCH3 is 1. The number of hydrogen-bond donors (Lipinski definition) is 2. The van der Waals surface area contributed by atoms with Crippen molar-refractivity contribution in [2.24, 2.45) is 5.41 Å². The number of rotatable bonds is 5. The Hall–Kier alpha value is -4.07. The number of pyridine rings is 1. The summed E-state index contributed by atoms with van der Waals surface area (Å²) in [6.45, 7) is 5.58. The lowest BCUT2D eigenvalue weighted by Gasteiger charge is -2.50. The molecule has 3 heterocycles. The van der Waals surface area contributed by atoms with Crippen LogP contribution < -0.4 is 15.0 Å². The molecule has 0 spiro atoms. The van der Waals surface area contributed by atoms with E-state index in [0.29, 0.717) is 48.6 Å². The normalized spacial score (nSPS) is 21.5. The highest BCUT2D eigenvalue weighted by atomic mass is 19.1. The van der Waals surface area contributed by atoms with Crippen molar-refractivity contribution in [3.05, 3.63) is 65.1 Å². The maximum absolute atomic E-state index is 16.1. The minimum atomic E-state index is -1.46. The highest BCUT2D eigenvalue weighted by Gasteiger charge is 2.50. The van der Waals surface area contributed by atoms with E-state index in [-0.39, 0.29) is 29.8 Å². The third-order valence-corrected chi connectivity index (χ3v) is 7.93. The van der Waals surface area contributed by atoms with Gasteiger partial charge in [0.25, 0.3) is 0 Å². The van der Waals surface area contributed by atoms with Gasteiger partial charge in [0.05, 0.1) is 41.7 Å². The molecule has 5 rings (SSSR count). The number of ether oxygens (including phenoxy) is 1. The summed E-state index contributed by atoms with van der Waals surface area (Å²) in [6, 6.07) is 11.7. The lowest BCUT2D eigenvalue weighted by Crippen LogP contribution is -2.55. The fourth-order valence-electron chi connectivity index (χ4n) is 5.68. The molecular weight excluding hydrogens is 501 g/mol. The van der Waals surface area contributed by atoms with Crippen molar-refractivity contribution in [3.63, 3.8) is 0 Å². The van der Waals surface area contributed by atoms with Gasteiger partial charge in [0.1, 0.15) is 11.6 Å². The molecule has 39 heavy (non-hydrogen) atoms. The van der Waals surface area contributed by atoms with Gasteiger partial charge in [-0.05, 0) is 30.7 Å². The van der Waals surface area contributed by atoms with Gasteiger partial charge in [0, 0.05) is 54.5 Å². The van der Waals surface area contributed by atoms with Gasteiger partial charge >= 0.3 is 6.03 Å². The van der Waals surface area contributed by atoms with Gasteiger partial charge in [-0.25, -0.2) is 9.18 Å². The third kappa shape index (κ3) is 4.68. The van der Waals surface area contributed by atoms with Gasteiger partial charge in [-0.1, -0.05) is 26.0 Å². The Morgan fingerprint density at radius 3 is 2.69 bits per heavy atom. The van der Waals surface area contributed by atoms with Gasteiger partial charge in [-0.3, -0.25) is 24.9 Å². The van der Waals surface area contributed by atoms with Crippen LogP contribution in [0.3, 0.4) is 0 Å². The van der Waals surface area contributed by atoms with E-state index in [2.05, 4.69) is 21.3 Å². The zero-order chi connectivity index (χ0) is 27.9. The number of likely N-dealkylation sites (tertiary alicyclic amines) is 1. The van der Waals surface area contributed by atoms with E-state index >= 15 is 4.39 Å². The minimum absolute atomic E-state index is 0.144. The van der Waals surface area contributed by atoms with Crippen LogP contribution in [0.25, 0.3) is 10.9 Å². The van der Waals surface area contributed by atoms with Crippen molar-refractivity contribution >= 4 is 28.5 Å². The predicted molar refractivity (Wildman–Crippen MR) is 142 cm³/mol. The Morgan fingerprint density at radius 1 is 1.21 bits per heavy atom. The summed E-state index contributed by atoms with van der Waals surface area (Å²) < 4.78 is 21.6. The molecule has 0 bridgehead atoms. The SMILES string of the molecule is COc1cc(C#N)ccc1CN1CC[C@](O)(c2ccc3ncc(N4CCC(=O)NC4=O)cc3c2F)C(C)(C)C1. The number of imide groups is 1. The number of hydrogen-bond acceptors (Lipinski definition) is 7. The number of halogens is 1. The molecule has 2 fully saturated rings. The van der Waals surface area contributed by atoms with Gasteiger partial charge in [0.2, 0.25) is 5.91 Å².